The van der Waals surface area contributed by atoms with E-state index in [4.69, 9.17) is 16.3 Å². The molecule has 1 atom stereocenters. The lowest BCUT2D eigenvalue weighted by Gasteiger charge is -2.32. The Hall–Kier alpha value is -1.00. The Morgan fingerprint density at radius 2 is 1.86 bits per heavy atom. The molecule has 0 unspecified atom stereocenters. The van der Waals surface area contributed by atoms with E-state index >= 15 is 0 Å². The smallest absolute Gasteiger partial charge is 0.0796 e. The lowest BCUT2D eigenvalue weighted by Crippen LogP contribution is -2.43. The molecule has 1 aliphatic rings. The molecule has 1 fully saturated rings. The normalized spacial score (nSPS) is 19.2. The molecule has 0 N–H and O–H groups in total. The largest absolute Gasteiger partial charge is 0.375 e. The minimum absolute atomic E-state index is 0.297. The Bertz CT molecular complexity index is 575. The molecule has 0 saturated carbocycles. The molecule has 0 bridgehead atoms. The van der Waals surface area contributed by atoms with Gasteiger partial charge >= 0.3 is 0 Å². The van der Waals surface area contributed by atoms with E-state index in [2.05, 4.69) is 47.4 Å². The summed E-state index contributed by atoms with van der Waals surface area (Å²) in [5, 5.41) is 0.794. The second kappa shape index (κ2) is 8.02. The maximum atomic E-state index is 5.94. The van der Waals surface area contributed by atoms with Gasteiger partial charge in [-0.3, -0.25) is 4.90 Å². The van der Waals surface area contributed by atoms with Gasteiger partial charge in [-0.15, -0.1) is 11.8 Å². The van der Waals surface area contributed by atoms with Crippen molar-refractivity contribution in [3.8, 4) is 0 Å². The Balaban J connectivity index is 1.49. The fourth-order valence-corrected chi connectivity index (χ4v) is 3.63. The lowest BCUT2D eigenvalue weighted by atomic mass is 10.2. The molecule has 1 aliphatic heterocycles. The molecule has 0 radical (unpaired) electrons. The molecule has 0 spiro atoms. The summed E-state index contributed by atoms with van der Waals surface area (Å²) in [4.78, 5) is 3.77. The van der Waals surface area contributed by atoms with Gasteiger partial charge in [0.05, 0.1) is 12.7 Å². The first-order valence-electron chi connectivity index (χ1n) is 7.56. The van der Waals surface area contributed by atoms with Gasteiger partial charge in [0.25, 0.3) is 0 Å². The molecule has 0 amide bonds. The molecule has 4 heteroatoms. The van der Waals surface area contributed by atoms with Crippen LogP contribution in [0.25, 0.3) is 0 Å². The van der Waals surface area contributed by atoms with Crippen LogP contribution >= 0.6 is 23.4 Å². The number of ether oxygens (including phenoxy) is 1. The topological polar surface area (TPSA) is 12.5 Å². The summed E-state index contributed by atoms with van der Waals surface area (Å²) in [6, 6.07) is 18.6. The predicted molar refractivity (Wildman–Crippen MR) is 93.6 cm³/mol. The van der Waals surface area contributed by atoms with Gasteiger partial charge in [-0.25, -0.2) is 0 Å². The molecule has 1 heterocycles. The van der Waals surface area contributed by atoms with E-state index in [9.17, 15) is 0 Å². The van der Waals surface area contributed by atoms with Crippen molar-refractivity contribution in [3.63, 3.8) is 0 Å². The second-order valence-electron chi connectivity index (χ2n) is 5.48. The van der Waals surface area contributed by atoms with Crippen molar-refractivity contribution in [3.05, 3.63) is 65.2 Å². The van der Waals surface area contributed by atoms with E-state index < -0.39 is 0 Å². The first-order valence-corrected chi connectivity index (χ1v) is 8.92. The summed E-state index contributed by atoms with van der Waals surface area (Å²) in [6.07, 6.45) is 0.297. The van der Waals surface area contributed by atoms with E-state index in [-0.39, 0.29) is 0 Å². The van der Waals surface area contributed by atoms with Crippen LogP contribution in [0.15, 0.2) is 59.5 Å². The van der Waals surface area contributed by atoms with Gasteiger partial charge in [0.1, 0.15) is 0 Å². The third kappa shape index (κ3) is 4.75. The third-order valence-electron chi connectivity index (χ3n) is 3.72. The number of hydrogen-bond acceptors (Lipinski definition) is 3. The number of benzene rings is 2. The standard InChI is InChI=1S/C18H20ClNOS/c19-16-8-6-15(7-9-16)12-20-10-11-21-17(13-20)14-22-18-4-2-1-3-5-18/h1-9,17H,10-14H2/t17-/m0/s1. The van der Waals surface area contributed by atoms with Crippen molar-refractivity contribution in [2.24, 2.45) is 0 Å². The number of halogens is 1. The van der Waals surface area contributed by atoms with Gasteiger partial charge in [-0.2, -0.15) is 0 Å². The molecule has 116 valence electrons. The highest BCUT2D eigenvalue weighted by Crippen LogP contribution is 2.21. The van der Waals surface area contributed by atoms with Crippen LogP contribution in [0, 0.1) is 0 Å². The summed E-state index contributed by atoms with van der Waals surface area (Å²) in [6.45, 7) is 3.76. The van der Waals surface area contributed by atoms with Crippen molar-refractivity contribution < 1.29 is 4.74 Å². The quantitative estimate of drug-likeness (QED) is 0.755. The van der Waals surface area contributed by atoms with E-state index in [1.807, 2.05) is 23.9 Å². The minimum atomic E-state index is 0.297. The fraction of sp³-hybridized carbons (Fsp3) is 0.333. The Morgan fingerprint density at radius 1 is 1.09 bits per heavy atom. The zero-order chi connectivity index (χ0) is 15.2. The van der Waals surface area contributed by atoms with Crippen LogP contribution in [0.3, 0.4) is 0 Å². The number of thioether (sulfide) groups is 1. The summed E-state index contributed by atoms with van der Waals surface area (Å²) >= 11 is 7.81. The number of hydrogen-bond donors (Lipinski definition) is 0. The zero-order valence-electron chi connectivity index (χ0n) is 12.5. The molecule has 2 aromatic carbocycles. The minimum Gasteiger partial charge on any atom is -0.375 e. The van der Waals surface area contributed by atoms with Crippen molar-refractivity contribution in [2.75, 3.05) is 25.4 Å². The summed E-state index contributed by atoms with van der Waals surface area (Å²) in [5.74, 6) is 1.00. The summed E-state index contributed by atoms with van der Waals surface area (Å²) in [5.41, 5.74) is 1.31. The maximum Gasteiger partial charge on any atom is 0.0796 e. The second-order valence-corrected chi connectivity index (χ2v) is 7.01. The van der Waals surface area contributed by atoms with Crippen LogP contribution in [0.2, 0.25) is 5.02 Å². The molecule has 0 aromatic heterocycles. The van der Waals surface area contributed by atoms with Crippen molar-refractivity contribution in [2.45, 2.75) is 17.5 Å². The molecule has 1 saturated heterocycles. The van der Waals surface area contributed by atoms with E-state index in [1.54, 1.807) is 0 Å². The van der Waals surface area contributed by atoms with Gasteiger partial charge in [-0.05, 0) is 29.8 Å². The van der Waals surface area contributed by atoms with Crippen molar-refractivity contribution >= 4 is 23.4 Å². The number of morpholine rings is 1. The lowest BCUT2D eigenvalue weighted by molar-refractivity contribution is -0.0187. The van der Waals surface area contributed by atoms with Crippen LogP contribution in [-0.2, 0) is 11.3 Å². The van der Waals surface area contributed by atoms with Crippen LogP contribution in [0.1, 0.15) is 5.56 Å². The van der Waals surface area contributed by atoms with E-state index in [1.165, 1.54) is 10.5 Å². The number of rotatable bonds is 5. The van der Waals surface area contributed by atoms with Gasteiger partial charge in [0.2, 0.25) is 0 Å². The highest BCUT2D eigenvalue weighted by Gasteiger charge is 2.20. The van der Waals surface area contributed by atoms with Gasteiger partial charge in [0.15, 0.2) is 0 Å². The van der Waals surface area contributed by atoms with Crippen molar-refractivity contribution in [1.82, 2.24) is 4.90 Å². The van der Waals surface area contributed by atoms with Gasteiger partial charge < -0.3 is 4.74 Å². The van der Waals surface area contributed by atoms with E-state index in [0.717, 1.165) is 37.0 Å². The Kier molecular flexibility index (Phi) is 5.79. The maximum absolute atomic E-state index is 5.94. The first-order chi connectivity index (χ1) is 10.8. The predicted octanol–water partition coefficient (Wildman–Crippen LogP) is 4.33. The first kappa shape index (κ1) is 15.9. The van der Waals surface area contributed by atoms with Crippen LogP contribution in [-0.4, -0.2) is 36.5 Å². The van der Waals surface area contributed by atoms with Crippen LogP contribution in [0.4, 0.5) is 0 Å². The average Bonchev–Trinajstić information content (AvgIpc) is 2.57. The summed E-state index contributed by atoms with van der Waals surface area (Å²) < 4.78 is 5.90. The van der Waals surface area contributed by atoms with E-state index in [0.29, 0.717) is 6.10 Å². The van der Waals surface area contributed by atoms with Crippen molar-refractivity contribution in [1.29, 1.82) is 0 Å². The highest BCUT2D eigenvalue weighted by molar-refractivity contribution is 7.99. The third-order valence-corrected chi connectivity index (χ3v) is 5.12. The molecular weight excluding hydrogens is 314 g/mol. The fourth-order valence-electron chi connectivity index (χ4n) is 2.58. The van der Waals surface area contributed by atoms with Gasteiger partial charge in [-0.1, -0.05) is 41.9 Å². The highest BCUT2D eigenvalue weighted by atomic mass is 35.5. The molecule has 22 heavy (non-hydrogen) atoms. The molecule has 3 rings (SSSR count). The zero-order valence-corrected chi connectivity index (χ0v) is 14.0. The molecule has 2 aromatic rings. The molecule has 2 nitrogen and oxygen atoms in total. The van der Waals surface area contributed by atoms with Crippen LogP contribution in [0.5, 0.6) is 0 Å². The SMILES string of the molecule is Clc1ccc(CN2CCO[C@H](CSc3ccccc3)C2)cc1. The molecular formula is C18H20ClNOS. The van der Waals surface area contributed by atoms with Crippen LogP contribution < -0.4 is 0 Å². The van der Waals surface area contributed by atoms with Gasteiger partial charge in [0, 0.05) is 35.3 Å². The monoisotopic (exact) mass is 333 g/mol. The Morgan fingerprint density at radius 3 is 2.64 bits per heavy atom. The number of nitrogens with zero attached hydrogens (tertiary/aromatic N) is 1. The molecule has 0 aliphatic carbocycles. The summed E-state index contributed by atoms with van der Waals surface area (Å²) in [7, 11) is 0. The Labute approximate surface area is 141 Å². The average molecular weight is 334 g/mol.